The normalized spacial score (nSPS) is 10.4. The van der Waals surface area contributed by atoms with E-state index in [-0.39, 0.29) is 5.91 Å². The highest BCUT2D eigenvalue weighted by molar-refractivity contribution is 7.98. The van der Waals surface area contributed by atoms with E-state index in [4.69, 9.17) is 11.6 Å². The molecule has 24 heavy (non-hydrogen) atoms. The summed E-state index contributed by atoms with van der Waals surface area (Å²) in [5.74, 6) is 0.603. The largest absolute Gasteiger partial charge is 0.322 e. The molecule has 0 aliphatic carbocycles. The quantitative estimate of drug-likeness (QED) is 0.533. The minimum atomic E-state index is -0.150. The second-order valence-electron chi connectivity index (χ2n) is 4.98. The Morgan fingerprint density at radius 2 is 1.67 bits per heavy atom. The van der Waals surface area contributed by atoms with Crippen LogP contribution in [0.25, 0.3) is 0 Å². The predicted molar refractivity (Wildman–Crippen MR) is 97.4 cm³/mol. The zero-order valence-corrected chi connectivity index (χ0v) is 14.2. The standard InChI is InChI=1S/C18H14ClN3OS/c19-15-6-8-16(9-7-15)22-17(23)14-4-2-13(3-5-14)12-24-18-20-10-1-11-21-18/h1-11H,12H2,(H,22,23). The van der Waals surface area contributed by atoms with Crippen LogP contribution < -0.4 is 5.32 Å². The van der Waals surface area contributed by atoms with Gasteiger partial charge in [0.25, 0.3) is 5.91 Å². The maximum atomic E-state index is 12.2. The molecule has 1 aromatic heterocycles. The summed E-state index contributed by atoms with van der Waals surface area (Å²) in [6, 6.07) is 16.3. The molecule has 0 fully saturated rings. The van der Waals surface area contributed by atoms with Crippen LogP contribution >= 0.6 is 23.4 Å². The lowest BCUT2D eigenvalue weighted by atomic mass is 10.1. The fraction of sp³-hybridized carbons (Fsp3) is 0.0556. The Morgan fingerprint density at radius 1 is 1.00 bits per heavy atom. The first kappa shape index (κ1) is 16.5. The number of carbonyl (C=O) groups excluding carboxylic acids is 1. The molecule has 1 amide bonds. The van der Waals surface area contributed by atoms with Gasteiger partial charge in [0, 0.05) is 34.4 Å². The van der Waals surface area contributed by atoms with E-state index in [0.717, 1.165) is 16.5 Å². The third kappa shape index (κ3) is 4.57. The van der Waals surface area contributed by atoms with Crippen LogP contribution in [0.2, 0.25) is 5.02 Å². The predicted octanol–water partition coefficient (Wildman–Crippen LogP) is 4.67. The first-order valence-electron chi connectivity index (χ1n) is 7.26. The minimum absolute atomic E-state index is 0.150. The first-order valence-corrected chi connectivity index (χ1v) is 8.63. The fourth-order valence-corrected chi connectivity index (χ4v) is 2.88. The van der Waals surface area contributed by atoms with Crippen LogP contribution in [-0.2, 0) is 5.75 Å². The van der Waals surface area contributed by atoms with E-state index in [0.29, 0.717) is 16.3 Å². The van der Waals surface area contributed by atoms with Gasteiger partial charge in [0.1, 0.15) is 0 Å². The second-order valence-corrected chi connectivity index (χ2v) is 6.36. The fourth-order valence-electron chi connectivity index (χ4n) is 2.00. The van der Waals surface area contributed by atoms with Gasteiger partial charge in [0.2, 0.25) is 0 Å². The summed E-state index contributed by atoms with van der Waals surface area (Å²) in [7, 11) is 0. The average Bonchev–Trinajstić information content (AvgIpc) is 2.63. The number of hydrogen-bond acceptors (Lipinski definition) is 4. The van der Waals surface area contributed by atoms with Crippen molar-refractivity contribution in [1.29, 1.82) is 0 Å². The molecule has 0 unspecified atom stereocenters. The van der Waals surface area contributed by atoms with E-state index in [1.165, 1.54) is 0 Å². The molecule has 0 saturated heterocycles. The van der Waals surface area contributed by atoms with E-state index in [9.17, 15) is 4.79 Å². The van der Waals surface area contributed by atoms with E-state index in [2.05, 4.69) is 15.3 Å². The van der Waals surface area contributed by atoms with Crippen molar-refractivity contribution in [1.82, 2.24) is 9.97 Å². The number of nitrogens with zero attached hydrogens (tertiary/aromatic N) is 2. The van der Waals surface area contributed by atoms with Gasteiger partial charge in [0.05, 0.1) is 0 Å². The summed E-state index contributed by atoms with van der Waals surface area (Å²) in [6.45, 7) is 0. The van der Waals surface area contributed by atoms with E-state index < -0.39 is 0 Å². The van der Waals surface area contributed by atoms with E-state index in [1.54, 1.807) is 54.5 Å². The molecule has 0 saturated carbocycles. The van der Waals surface area contributed by atoms with Crippen molar-refractivity contribution >= 4 is 35.0 Å². The van der Waals surface area contributed by atoms with Crippen molar-refractivity contribution in [2.75, 3.05) is 5.32 Å². The summed E-state index contributed by atoms with van der Waals surface area (Å²) in [4.78, 5) is 20.6. The van der Waals surface area contributed by atoms with Crippen molar-refractivity contribution in [2.24, 2.45) is 0 Å². The molecule has 0 atom stereocenters. The molecule has 0 aliphatic rings. The highest BCUT2D eigenvalue weighted by Gasteiger charge is 2.06. The average molecular weight is 356 g/mol. The van der Waals surface area contributed by atoms with Gasteiger partial charge < -0.3 is 5.32 Å². The Hall–Kier alpha value is -2.37. The lowest BCUT2D eigenvalue weighted by molar-refractivity contribution is 0.102. The van der Waals surface area contributed by atoms with Gasteiger partial charge in [0.15, 0.2) is 5.16 Å². The highest BCUT2D eigenvalue weighted by Crippen LogP contribution is 2.19. The Balaban J connectivity index is 1.59. The number of rotatable bonds is 5. The van der Waals surface area contributed by atoms with Crippen LogP contribution in [-0.4, -0.2) is 15.9 Å². The molecule has 6 heteroatoms. The van der Waals surface area contributed by atoms with Gasteiger partial charge in [-0.15, -0.1) is 0 Å². The number of benzene rings is 2. The van der Waals surface area contributed by atoms with Crippen molar-refractivity contribution in [3.8, 4) is 0 Å². The third-order valence-electron chi connectivity index (χ3n) is 3.23. The molecule has 1 heterocycles. The molecule has 2 aromatic carbocycles. The Labute approximate surface area is 149 Å². The summed E-state index contributed by atoms with van der Waals surface area (Å²) < 4.78 is 0. The summed E-state index contributed by atoms with van der Waals surface area (Å²) >= 11 is 7.39. The number of anilines is 1. The Kier molecular flexibility index (Phi) is 5.46. The van der Waals surface area contributed by atoms with Crippen LogP contribution in [0.1, 0.15) is 15.9 Å². The minimum Gasteiger partial charge on any atom is -0.322 e. The van der Waals surface area contributed by atoms with Crippen molar-refractivity contribution in [3.63, 3.8) is 0 Å². The Bertz CT molecular complexity index is 808. The van der Waals surface area contributed by atoms with Crippen LogP contribution in [0.4, 0.5) is 5.69 Å². The lowest BCUT2D eigenvalue weighted by Gasteiger charge is -2.06. The second kappa shape index (κ2) is 7.95. The number of thioether (sulfide) groups is 1. The van der Waals surface area contributed by atoms with Gasteiger partial charge in [-0.3, -0.25) is 4.79 Å². The smallest absolute Gasteiger partial charge is 0.255 e. The number of halogens is 1. The van der Waals surface area contributed by atoms with Gasteiger partial charge in [-0.25, -0.2) is 9.97 Å². The Morgan fingerprint density at radius 3 is 2.33 bits per heavy atom. The molecule has 3 rings (SSSR count). The summed E-state index contributed by atoms with van der Waals surface area (Å²) in [5, 5.41) is 4.21. The molecular weight excluding hydrogens is 342 g/mol. The third-order valence-corrected chi connectivity index (χ3v) is 4.43. The summed E-state index contributed by atoms with van der Waals surface area (Å²) in [5.41, 5.74) is 2.43. The topological polar surface area (TPSA) is 54.9 Å². The van der Waals surface area contributed by atoms with Gasteiger partial charge in [-0.05, 0) is 48.0 Å². The van der Waals surface area contributed by atoms with Crippen LogP contribution in [0.3, 0.4) is 0 Å². The van der Waals surface area contributed by atoms with E-state index in [1.807, 2.05) is 24.3 Å². The molecule has 4 nitrogen and oxygen atoms in total. The van der Waals surface area contributed by atoms with Crippen LogP contribution in [0.5, 0.6) is 0 Å². The van der Waals surface area contributed by atoms with Crippen LogP contribution in [0.15, 0.2) is 72.1 Å². The molecule has 0 bridgehead atoms. The van der Waals surface area contributed by atoms with Gasteiger partial charge in [-0.2, -0.15) is 0 Å². The molecular formula is C18H14ClN3OS. The number of amides is 1. The zero-order chi connectivity index (χ0) is 16.8. The first-order chi connectivity index (χ1) is 11.7. The van der Waals surface area contributed by atoms with Crippen molar-refractivity contribution in [2.45, 2.75) is 10.9 Å². The zero-order valence-electron chi connectivity index (χ0n) is 12.6. The van der Waals surface area contributed by atoms with Crippen molar-refractivity contribution < 1.29 is 4.79 Å². The highest BCUT2D eigenvalue weighted by atomic mass is 35.5. The van der Waals surface area contributed by atoms with Crippen molar-refractivity contribution in [3.05, 3.63) is 83.1 Å². The van der Waals surface area contributed by atoms with Crippen LogP contribution in [0, 0.1) is 0 Å². The number of carbonyl (C=O) groups is 1. The maximum Gasteiger partial charge on any atom is 0.255 e. The van der Waals surface area contributed by atoms with Gasteiger partial charge in [-0.1, -0.05) is 35.5 Å². The summed E-state index contributed by atoms with van der Waals surface area (Å²) in [6.07, 6.45) is 3.44. The molecule has 0 radical (unpaired) electrons. The number of hydrogen-bond donors (Lipinski definition) is 1. The lowest BCUT2D eigenvalue weighted by Crippen LogP contribution is -2.11. The molecule has 0 aliphatic heterocycles. The SMILES string of the molecule is O=C(Nc1ccc(Cl)cc1)c1ccc(CSc2ncccn2)cc1. The molecule has 0 spiro atoms. The maximum absolute atomic E-state index is 12.2. The van der Waals surface area contributed by atoms with Gasteiger partial charge >= 0.3 is 0 Å². The number of nitrogens with one attached hydrogen (secondary N) is 1. The molecule has 3 aromatic rings. The molecule has 120 valence electrons. The molecule has 1 N–H and O–H groups in total. The monoisotopic (exact) mass is 355 g/mol. The van der Waals surface area contributed by atoms with E-state index >= 15 is 0 Å². The number of aromatic nitrogens is 2.